The molecule has 116 valence electrons. The Morgan fingerprint density at radius 3 is 2.35 bits per heavy atom. The Kier molecular flexibility index (Phi) is 4.50. The van der Waals surface area contributed by atoms with E-state index in [0.29, 0.717) is 12.1 Å². The molecule has 1 aromatic heterocycles. The highest BCUT2D eigenvalue weighted by molar-refractivity contribution is 7.13. The van der Waals surface area contributed by atoms with Gasteiger partial charge in [-0.1, -0.05) is 36.4 Å². The number of benzene rings is 2. The number of hydrogen-bond acceptors (Lipinski definition) is 5. The van der Waals surface area contributed by atoms with E-state index in [1.807, 2.05) is 41.8 Å². The van der Waals surface area contributed by atoms with Crippen LogP contribution in [0.1, 0.15) is 15.9 Å². The molecule has 0 saturated heterocycles. The molecule has 0 atom stereocenters. The highest BCUT2D eigenvalue weighted by Crippen LogP contribution is 2.29. The molecule has 0 aliphatic rings. The van der Waals surface area contributed by atoms with Crippen LogP contribution in [0.2, 0.25) is 0 Å². The summed E-state index contributed by atoms with van der Waals surface area (Å²) in [6.45, 7) is 0.537. The van der Waals surface area contributed by atoms with Gasteiger partial charge in [0.05, 0.1) is 18.4 Å². The van der Waals surface area contributed by atoms with E-state index in [-0.39, 0.29) is 5.97 Å². The van der Waals surface area contributed by atoms with Crippen molar-refractivity contribution in [3.63, 3.8) is 0 Å². The van der Waals surface area contributed by atoms with Gasteiger partial charge in [0, 0.05) is 23.1 Å². The summed E-state index contributed by atoms with van der Waals surface area (Å²) in [7, 11) is 1.37. The number of ether oxygens (including phenoxy) is 1. The van der Waals surface area contributed by atoms with Crippen LogP contribution in [0.5, 0.6) is 0 Å². The smallest absolute Gasteiger partial charge is 0.337 e. The summed E-state index contributed by atoms with van der Waals surface area (Å²) in [4.78, 5) is 16.1. The number of carbonyl (C=O) groups is 1. The Bertz CT molecular complexity index is 808. The number of nitrogens with two attached hydrogens (primary N) is 1. The molecule has 2 aromatic carbocycles. The first-order chi connectivity index (χ1) is 11.2. The Balaban J connectivity index is 1.84. The third kappa shape index (κ3) is 3.31. The van der Waals surface area contributed by atoms with Crippen molar-refractivity contribution >= 4 is 17.3 Å². The van der Waals surface area contributed by atoms with E-state index in [2.05, 4.69) is 4.98 Å². The summed E-state index contributed by atoms with van der Waals surface area (Å²) in [6, 6.07) is 15.3. The number of thiazole rings is 1. The Morgan fingerprint density at radius 2 is 1.74 bits per heavy atom. The van der Waals surface area contributed by atoms with Crippen molar-refractivity contribution in [1.29, 1.82) is 0 Å². The zero-order valence-corrected chi connectivity index (χ0v) is 13.5. The first kappa shape index (κ1) is 15.4. The van der Waals surface area contributed by atoms with Crippen molar-refractivity contribution in [2.75, 3.05) is 7.11 Å². The molecule has 0 fully saturated rings. The fourth-order valence-electron chi connectivity index (χ4n) is 2.22. The SMILES string of the molecule is COC(=O)c1ccc(-c2nc(-c3ccc(CN)cc3)cs2)cc1. The van der Waals surface area contributed by atoms with Crippen LogP contribution in [0, 0.1) is 0 Å². The molecule has 3 aromatic rings. The maximum absolute atomic E-state index is 11.5. The predicted octanol–water partition coefficient (Wildman–Crippen LogP) is 3.72. The topological polar surface area (TPSA) is 65.2 Å². The summed E-state index contributed by atoms with van der Waals surface area (Å²) in [5.41, 5.74) is 10.2. The second kappa shape index (κ2) is 6.73. The molecule has 0 aliphatic carbocycles. The van der Waals surface area contributed by atoms with Gasteiger partial charge in [0.2, 0.25) is 0 Å². The first-order valence-electron chi connectivity index (χ1n) is 7.15. The monoisotopic (exact) mass is 324 g/mol. The van der Waals surface area contributed by atoms with Gasteiger partial charge >= 0.3 is 5.97 Å². The van der Waals surface area contributed by atoms with Gasteiger partial charge in [0.25, 0.3) is 0 Å². The molecule has 0 amide bonds. The van der Waals surface area contributed by atoms with Gasteiger partial charge in [-0.25, -0.2) is 9.78 Å². The number of aromatic nitrogens is 1. The van der Waals surface area contributed by atoms with E-state index in [0.717, 1.165) is 27.4 Å². The van der Waals surface area contributed by atoms with Gasteiger partial charge in [0.1, 0.15) is 5.01 Å². The Morgan fingerprint density at radius 1 is 1.09 bits per heavy atom. The Hall–Kier alpha value is -2.50. The molecule has 23 heavy (non-hydrogen) atoms. The molecular formula is C18H16N2O2S. The van der Waals surface area contributed by atoms with E-state index in [4.69, 9.17) is 10.5 Å². The van der Waals surface area contributed by atoms with Crippen molar-refractivity contribution < 1.29 is 9.53 Å². The molecule has 0 spiro atoms. The lowest BCUT2D eigenvalue weighted by atomic mass is 10.1. The second-order valence-electron chi connectivity index (χ2n) is 5.01. The zero-order valence-electron chi connectivity index (χ0n) is 12.7. The number of hydrogen-bond donors (Lipinski definition) is 1. The zero-order chi connectivity index (χ0) is 16.2. The summed E-state index contributed by atoms with van der Waals surface area (Å²) in [6.07, 6.45) is 0. The molecule has 5 heteroatoms. The third-order valence-corrected chi connectivity index (χ3v) is 4.43. The predicted molar refractivity (Wildman–Crippen MR) is 92.2 cm³/mol. The van der Waals surface area contributed by atoms with Crippen molar-refractivity contribution in [1.82, 2.24) is 4.98 Å². The van der Waals surface area contributed by atoms with Crippen molar-refractivity contribution in [2.24, 2.45) is 5.73 Å². The van der Waals surface area contributed by atoms with Gasteiger partial charge in [-0.15, -0.1) is 11.3 Å². The third-order valence-electron chi connectivity index (χ3n) is 3.54. The van der Waals surface area contributed by atoms with Crippen molar-refractivity contribution in [2.45, 2.75) is 6.54 Å². The number of carbonyl (C=O) groups excluding carboxylic acids is 1. The molecule has 0 aliphatic heterocycles. The van der Waals surface area contributed by atoms with Crippen LogP contribution in [0.15, 0.2) is 53.9 Å². The lowest BCUT2D eigenvalue weighted by molar-refractivity contribution is 0.0601. The number of nitrogens with zero attached hydrogens (tertiary/aromatic N) is 1. The highest BCUT2D eigenvalue weighted by Gasteiger charge is 2.09. The minimum absolute atomic E-state index is 0.337. The van der Waals surface area contributed by atoms with Crippen molar-refractivity contribution in [3.05, 3.63) is 65.0 Å². The fourth-order valence-corrected chi connectivity index (χ4v) is 3.05. The van der Waals surface area contributed by atoms with Crippen LogP contribution in [-0.2, 0) is 11.3 Å². The average molecular weight is 324 g/mol. The van der Waals surface area contributed by atoms with Crippen LogP contribution < -0.4 is 5.73 Å². The quantitative estimate of drug-likeness (QED) is 0.743. The molecule has 0 radical (unpaired) electrons. The molecule has 4 nitrogen and oxygen atoms in total. The van der Waals surface area contributed by atoms with E-state index in [1.54, 1.807) is 23.5 Å². The first-order valence-corrected chi connectivity index (χ1v) is 8.03. The van der Waals surface area contributed by atoms with E-state index in [9.17, 15) is 4.79 Å². The lowest BCUT2D eigenvalue weighted by Crippen LogP contribution is -2.00. The largest absolute Gasteiger partial charge is 0.465 e. The molecule has 0 saturated carbocycles. The summed E-state index contributed by atoms with van der Waals surface area (Å²) >= 11 is 1.58. The van der Waals surface area contributed by atoms with Crippen LogP contribution in [0.25, 0.3) is 21.8 Å². The molecule has 0 bridgehead atoms. The molecule has 3 rings (SSSR count). The second-order valence-corrected chi connectivity index (χ2v) is 5.87. The van der Waals surface area contributed by atoms with Crippen LogP contribution in [0.3, 0.4) is 0 Å². The van der Waals surface area contributed by atoms with E-state index < -0.39 is 0 Å². The van der Waals surface area contributed by atoms with Gasteiger partial charge in [-0.2, -0.15) is 0 Å². The number of methoxy groups -OCH3 is 1. The average Bonchev–Trinajstić information content (AvgIpc) is 3.11. The van der Waals surface area contributed by atoms with Gasteiger partial charge in [-0.3, -0.25) is 0 Å². The summed E-state index contributed by atoms with van der Waals surface area (Å²) in [5, 5.41) is 2.94. The fraction of sp³-hybridized carbons (Fsp3) is 0.111. The molecule has 0 unspecified atom stereocenters. The number of rotatable bonds is 4. The maximum atomic E-state index is 11.5. The molecule has 2 N–H and O–H groups in total. The molecular weight excluding hydrogens is 308 g/mol. The highest BCUT2D eigenvalue weighted by atomic mass is 32.1. The minimum Gasteiger partial charge on any atom is -0.465 e. The standard InChI is InChI=1S/C18H16N2O2S/c1-22-18(21)15-8-6-14(7-9-15)17-20-16(11-23-17)13-4-2-12(10-19)3-5-13/h2-9,11H,10,19H2,1H3. The van der Waals surface area contributed by atoms with Gasteiger partial charge in [0.15, 0.2) is 0 Å². The van der Waals surface area contributed by atoms with Gasteiger partial charge < -0.3 is 10.5 Å². The van der Waals surface area contributed by atoms with Crippen LogP contribution in [-0.4, -0.2) is 18.1 Å². The maximum Gasteiger partial charge on any atom is 0.337 e. The molecule has 1 heterocycles. The number of esters is 1. The summed E-state index contributed by atoms with van der Waals surface area (Å²) < 4.78 is 4.70. The van der Waals surface area contributed by atoms with E-state index in [1.165, 1.54) is 7.11 Å². The van der Waals surface area contributed by atoms with E-state index >= 15 is 0 Å². The van der Waals surface area contributed by atoms with Crippen LogP contribution >= 0.6 is 11.3 Å². The van der Waals surface area contributed by atoms with Gasteiger partial charge in [-0.05, 0) is 17.7 Å². The Labute approximate surface area is 138 Å². The normalized spacial score (nSPS) is 10.5. The summed E-state index contributed by atoms with van der Waals surface area (Å²) in [5.74, 6) is -0.337. The lowest BCUT2D eigenvalue weighted by Gasteiger charge is -2.01. The van der Waals surface area contributed by atoms with Crippen LogP contribution in [0.4, 0.5) is 0 Å². The minimum atomic E-state index is -0.337. The van der Waals surface area contributed by atoms with Crippen molar-refractivity contribution in [3.8, 4) is 21.8 Å².